The number of nitrogens with zero attached hydrogens (tertiary/aromatic N) is 2. The average molecular weight is 397 g/mol. The topological polar surface area (TPSA) is 66.9 Å². The molecule has 6 heteroatoms. The monoisotopic (exact) mass is 396 g/mol. The molecule has 0 fully saturated rings. The zero-order chi connectivity index (χ0) is 17.6. The molecule has 0 radical (unpaired) electrons. The summed E-state index contributed by atoms with van der Waals surface area (Å²) in [6.07, 6.45) is 1.57. The van der Waals surface area contributed by atoms with E-state index in [1.165, 1.54) is 0 Å². The third kappa shape index (κ3) is 4.64. The van der Waals surface area contributed by atoms with E-state index in [4.69, 9.17) is 0 Å². The Labute approximate surface area is 154 Å². The zero-order valence-corrected chi connectivity index (χ0v) is 15.2. The maximum Gasteiger partial charge on any atom is 0.270 e. The van der Waals surface area contributed by atoms with Crippen LogP contribution in [0.2, 0.25) is 0 Å². The Balaban J connectivity index is 1.68. The second kappa shape index (κ2) is 7.90. The van der Waals surface area contributed by atoms with Gasteiger partial charge in [-0.3, -0.25) is 4.79 Å². The number of aromatic nitrogens is 2. The van der Waals surface area contributed by atoms with Crippen LogP contribution in [0.25, 0.3) is 0 Å². The number of carbonyl (C=O) groups excluding carboxylic acids is 1. The van der Waals surface area contributed by atoms with Crippen molar-refractivity contribution in [1.82, 2.24) is 15.3 Å². The Bertz CT molecular complexity index is 884. The number of amides is 1. The van der Waals surface area contributed by atoms with Crippen molar-refractivity contribution in [3.63, 3.8) is 0 Å². The molecule has 0 aliphatic carbocycles. The molecular formula is C19H17BrN4O. The van der Waals surface area contributed by atoms with Crippen molar-refractivity contribution < 1.29 is 4.79 Å². The molecule has 0 saturated heterocycles. The zero-order valence-electron chi connectivity index (χ0n) is 13.7. The van der Waals surface area contributed by atoms with E-state index in [0.717, 1.165) is 21.3 Å². The number of anilines is 2. The van der Waals surface area contributed by atoms with E-state index < -0.39 is 0 Å². The lowest BCUT2D eigenvalue weighted by molar-refractivity contribution is 0.0946. The van der Waals surface area contributed by atoms with E-state index in [9.17, 15) is 4.79 Å². The molecule has 0 aliphatic rings. The maximum atomic E-state index is 12.3. The Kier molecular flexibility index (Phi) is 5.40. The first-order valence-corrected chi connectivity index (χ1v) is 8.59. The number of hydrogen-bond donors (Lipinski definition) is 2. The maximum absolute atomic E-state index is 12.3. The number of rotatable bonds is 5. The number of hydrogen-bond acceptors (Lipinski definition) is 4. The van der Waals surface area contributed by atoms with Gasteiger partial charge in [-0.15, -0.1) is 0 Å². The fourth-order valence-electron chi connectivity index (χ4n) is 2.27. The molecule has 1 amide bonds. The third-order valence-corrected chi connectivity index (χ3v) is 4.49. The van der Waals surface area contributed by atoms with Crippen LogP contribution in [0.15, 0.2) is 65.3 Å². The lowest BCUT2D eigenvalue weighted by Gasteiger charge is -2.08. The summed E-state index contributed by atoms with van der Waals surface area (Å²) in [5, 5.41) is 5.98. The lowest BCUT2D eigenvalue weighted by Crippen LogP contribution is -2.24. The first-order chi connectivity index (χ1) is 12.1. The molecule has 0 atom stereocenters. The van der Waals surface area contributed by atoms with Crippen molar-refractivity contribution in [2.75, 3.05) is 5.32 Å². The van der Waals surface area contributed by atoms with Crippen molar-refractivity contribution in [3.8, 4) is 0 Å². The van der Waals surface area contributed by atoms with Gasteiger partial charge in [0.15, 0.2) is 0 Å². The van der Waals surface area contributed by atoms with Crippen LogP contribution in [-0.4, -0.2) is 15.9 Å². The van der Waals surface area contributed by atoms with Crippen LogP contribution in [0.3, 0.4) is 0 Å². The summed E-state index contributed by atoms with van der Waals surface area (Å²) in [4.78, 5) is 20.7. The Morgan fingerprint density at radius 2 is 1.92 bits per heavy atom. The average Bonchev–Trinajstić information content (AvgIpc) is 2.64. The van der Waals surface area contributed by atoms with Crippen LogP contribution < -0.4 is 10.6 Å². The number of benzene rings is 2. The predicted molar refractivity (Wildman–Crippen MR) is 102 cm³/mol. The predicted octanol–water partition coefficient (Wildman–Crippen LogP) is 4.22. The SMILES string of the molecule is Cc1cc(Nc2nccc(C(=O)NCc3ccccc3)n2)ccc1Br. The van der Waals surface area contributed by atoms with Gasteiger partial charge in [0.05, 0.1) is 0 Å². The van der Waals surface area contributed by atoms with Gasteiger partial charge in [-0.2, -0.15) is 0 Å². The molecule has 0 unspecified atom stereocenters. The Morgan fingerprint density at radius 3 is 2.68 bits per heavy atom. The first kappa shape index (κ1) is 17.1. The fraction of sp³-hybridized carbons (Fsp3) is 0.105. The molecule has 2 N–H and O–H groups in total. The minimum absolute atomic E-state index is 0.235. The molecule has 5 nitrogen and oxygen atoms in total. The van der Waals surface area contributed by atoms with E-state index in [0.29, 0.717) is 18.2 Å². The summed E-state index contributed by atoms with van der Waals surface area (Å²) in [5.41, 5.74) is 3.32. The van der Waals surface area contributed by atoms with Crippen LogP contribution in [-0.2, 0) is 6.54 Å². The highest BCUT2D eigenvalue weighted by atomic mass is 79.9. The van der Waals surface area contributed by atoms with Gasteiger partial charge in [-0.25, -0.2) is 9.97 Å². The third-order valence-electron chi connectivity index (χ3n) is 3.60. The molecule has 0 spiro atoms. The van der Waals surface area contributed by atoms with Crippen LogP contribution >= 0.6 is 15.9 Å². The molecule has 3 rings (SSSR count). The first-order valence-electron chi connectivity index (χ1n) is 7.80. The van der Waals surface area contributed by atoms with Gasteiger partial charge in [-0.05, 0) is 42.3 Å². The number of halogens is 1. The fourth-order valence-corrected chi connectivity index (χ4v) is 2.51. The van der Waals surface area contributed by atoms with E-state index in [1.807, 2.05) is 55.5 Å². The van der Waals surface area contributed by atoms with Gasteiger partial charge in [0.25, 0.3) is 5.91 Å². The molecule has 25 heavy (non-hydrogen) atoms. The highest BCUT2D eigenvalue weighted by molar-refractivity contribution is 9.10. The van der Waals surface area contributed by atoms with Gasteiger partial charge in [0, 0.05) is 22.9 Å². The summed E-state index contributed by atoms with van der Waals surface area (Å²) in [5.74, 6) is 0.148. The molecule has 1 aromatic heterocycles. The Morgan fingerprint density at radius 1 is 1.12 bits per heavy atom. The number of carbonyl (C=O) groups is 1. The van der Waals surface area contributed by atoms with Gasteiger partial charge in [0.2, 0.25) is 5.95 Å². The van der Waals surface area contributed by atoms with Gasteiger partial charge >= 0.3 is 0 Å². The van der Waals surface area contributed by atoms with E-state index >= 15 is 0 Å². The van der Waals surface area contributed by atoms with E-state index in [-0.39, 0.29) is 5.91 Å². The highest BCUT2D eigenvalue weighted by Gasteiger charge is 2.09. The molecule has 2 aromatic carbocycles. The lowest BCUT2D eigenvalue weighted by atomic mass is 10.2. The second-order valence-corrected chi connectivity index (χ2v) is 6.38. The summed E-state index contributed by atoms with van der Waals surface area (Å²) >= 11 is 3.47. The summed E-state index contributed by atoms with van der Waals surface area (Å²) < 4.78 is 1.04. The van der Waals surface area contributed by atoms with Crippen molar-refractivity contribution in [3.05, 3.63) is 82.1 Å². The normalized spacial score (nSPS) is 10.3. The second-order valence-electron chi connectivity index (χ2n) is 5.52. The van der Waals surface area contributed by atoms with Gasteiger partial charge in [-0.1, -0.05) is 46.3 Å². The molecule has 3 aromatic rings. The molecule has 0 saturated carbocycles. The molecule has 1 heterocycles. The standard InChI is InChI=1S/C19H17BrN4O/c1-13-11-15(7-8-16(13)20)23-19-21-10-9-17(24-19)18(25)22-12-14-5-3-2-4-6-14/h2-11H,12H2,1H3,(H,22,25)(H,21,23,24). The minimum atomic E-state index is -0.235. The van der Waals surface area contributed by atoms with Crippen molar-refractivity contribution >= 4 is 33.5 Å². The van der Waals surface area contributed by atoms with Crippen molar-refractivity contribution in [2.45, 2.75) is 13.5 Å². The summed E-state index contributed by atoms with van der Waals surface area (Å²) in [6.45, 7) is 2.46. The Hall–Kier alpha value is -2.73. The molecule has 0 bridgehead atoms. The smallest absolute Gasteiger partial charge is 0.270 e. The summed E-state index contributed by atoms with van der Waals surface area (Å²) in [6, 6.07) is 17.2. The van der Waals surface area contributed by atoms with Crippen LogP contribution in [0.5, 0.6) is 0 Å². The largest absolute Gasteiger partial charge is 0.347 e. The van der Waals surface area contributed by atoms with Crippen LogP contribution in [0, 0.1) is 6.92 Å². The molecular weight excluding hydrogens is 380 g/mol. The van der Waals surface area contributed by atoms with Gasteiger partial charge in [0.1, 0.15) is 5.69 Å². The molecule has 126 valence electrons. The van der Waals surface area contributed by atoms with Crippen molar-refractivity contribution in [1.29, 1.82) is 0 Å². The number of nitrogens with one attached hydrogen (secondary N) is 2. The minimum Gasteiger partial charge on any atom is -0.347 e. The quantitative estimate of drug-likeness (QED) is 0.677. The number of aryl methyl sites for hydroxylation is 1. The molecule has 0 aliphatic heterocycles. The van der Waals surface area contributed by atoms with Crippen LogP contribution in [0.4, 0.5) is 11.6 Å². The van der Waals surface area contributed by atoms with Gasteiger partial charge < -0.3 is 10.6 Å². The van der Waals surface area contributed by atoms with E-state index in [1.54, 1.807) is 12.3 Å². The highest BCUT2D eigenvalue weighted by Crippen LogP contribution is 2.21. The summed E-state index contributed by atoms with van der Waals surface area (Å²) in [7, 11) is 0. The van der Waals surface area contributed by atoms with Crippen molar-refractivity contribution in [2.24, 2.45) is 0 Å². The van der Waals surface area contributed by atoms with E-state index in [2.05, 4.69) is 36.5 Å². The van der Waals surface area contributed by atoms with Crippen LogP contribution in [0.1, 0.15) is 21.6 Å².